The van der Waals surface area contributed by atoms with Gasteiger partial charge in [-0.3, -0.25) is 0 Å². The second kappa shape index (κ2) is 22.0. The number of hydrogen-bond acceptors (Lipinski definition) is 6. The van der Waals surface area contributed by atoms with Crippen LogP contribution in [0.3, 0.4) is 0 Å². The average molecular weight is 1230 g/mol. The van der Waals surface area contributed by atoms with Crippen molar-refractivity contribution < 1.29 is 9.47 Å². The van der Waals surface area contributed by atoms with Gasteiger partial charge in [-0.25, -0.2) is 0 Å². The van der Waals surface area contributed by atoms with Crippen LogP contribution in [0, 0.1) is 83.1 Å². The standard InChI is InChI=1S/C86H84B2N4O2/c1-49-37-57(9)81(58(10)38-49)91-71-41-61(85(13,14)15)33-35-65(71)87-67-47-68-74(48-73(67)89(69-31-21-19-25-51(69)3)75-43-63(45-77(91)79(75)87)93-83-53(5)27-23-28-54(83)6)90(70-32-22-20-26-52(70)4)76-44-64(94-84-55(7)29-24-30-56(84)8)46-78-80(76)88(68)66-36-34-62(86(16,17)18)42-72(66)92(78)82-59(11)39-50(2)40-60(82)12/h19-48H,1-18H3. The molecule has 11 aromatic carbocycles. The van der Waals surface area contributed by atoms with Gasteiger partial charge in [0.25, 0.3) is 13.4 Å². The number of fused-ring (bicyclic) bond motifs is 8. The zero-order chi connectivity index (χ0) is 65.9. The van der Waals surface area contributed by atoms with E-state index < -0.39 is 0 Å². The van der Waals surface area contributed by atoms with Crippen molar-refractivity contribution in [3.63, 3.8) is 0 Å². The number of rotatable bonds is 8. The van der Waals surface area contributed by atoms with Gasteiger partial charge in [-0.1, -0.05) is 180 Å². The molecule has 0 saturated carbocycles. The van der Waals surface area contributed by atoms with Gasteiger partial charge in [0.05, 0.1) is 11.4 Å². The Morgan fingerprint density at radius 1 is 0.266 bits per heavy atom. The Hall–Kier alpha value is -9.65. The summed E-state index contributed by atoms with van der Waals surface area (Å²) < 4.78 is 14.8. The SMILES string of the molecule is Cc1cc(C)c(N2c3cc(C(C)(C)C)ccc3B3c4cc5c(cc4N(c4ccccc4C)c4cc(Oc6c(C)cccc6C)cc2c43)N(c2ccccc2C)c2cc(Oc3c(C)cccc3C)cc3c2B5c2ccc(C(C)(C)C)cc2N3c2c(C)cc(C)cc2C)c(C)c1. The number of benzene rings is 11. The van der Waals surface area contributed by atoms with E-state index in [0.29, 0.717) is 0 Å². The minimum Gasteiger partial charge on any atom is -0.457 e. The van der Waals surface area contributed by atoms with E-state index in [1.54, 1.807) is 0 Å². The molecule has 4 aliphatic heterocycles. The van der Waals surface area contributed by atoms with Crippen molar-refractivity contribution in [2.45, 2.75) is 135 Å². The molecule has 4 aliphatic rings. The lowest BCUT2D eigenvalue weighted by atomic mass is 9.30. The Morgan fingerprint density at radius 2 is 0.585 bits per heavy atom. The Morgan fingerprint density at radius 3 is 0.926 bits per heavy atom. The van der Waals surface area contributed by atoms with E-state index in [1.807, 2.05) is 0 Å². The second-order valence-corrected chi connectivity index (χ2v) is 29.7. The van der Waals surface area contributed by atoms with Crippen molar-refractivity contribution in [3.8, 4) is 23.0 Å². The van der Waals surface area contributed by atoms with Gasteiger partial charge in [-0.15, -0.1) is 0 Å². The highest BCUT2D eigenvalue weighted by Crippen LogP contribution is 2.54. The molecule has 0 atom stereocenters. The zero-order valence-electron chi connectivity index (χ0n) is 58.1. The fourth-order valence-electron chi connectivity index (χ4n) is 16.3. The minimum absolute atomic E-state index is 0.138. The summed E-state index contributed by atoms with van der Waals surface area (Å²) in [6, 6.07) is 69.6. The maximum absolute atomic E-state index is 7.42. The summed E-state index contributed by atoms with van der Waals surface area (Å²) in [5.41, 5.74) is 37.6. The lowest BCUT2D eigenvalue weighted by molar-refractivity contribution is 0.475. The van der Waals surface area contributed by atoms with Gasteiger partial charge in [-0.2, -0.15) is 0 Å². The molecule has 0 aliphatic carbocycles. The first kappa shape index (κ1) is 60.6. The Bertz CT molecular complexity index is 4630. The largest absolute Gasteiger partial charge is 0.457 e. The van der Waals surface area contributed by atoms with Crippen molar-refractivity contribution in [2.75, 3.05) is 19.6 Å². The van der Waals surface area contributed by atoms with Crippen molar-refractivity contribution >= 4 is 114 Å². The smallest absolute Gasteiger partial charge is 0.252 e. The topological polar surface area (TPSA) is 31.4 Å². The molecule has 11 aromatic rings. The molecule has 6 nitrogen and oxygen atoms in total. The van der Waals surface area contributed by atoms with Crippen LogP contribution in [0.5, 0.6) is 23.0 Å². The van der Waals surface area contributed by atoms with E-state index in [-0.39, 0.29) is 24.3 Å². The van der Waals surface area contributed by atoms with Crippen LogP contribution < -0.4 is 61.9 Å². The van der Waals surface area contributed by atoms with Crippen molar-refractivity contribution in [1.29, 1.82) is 0 Å². The molecular weight excluding hydrogens is 1140 g/mol. The van der Waals surface area contributed by atoms with Crippen molar-refractivity contribution in [2.24, 2.45) is 0 Å². The number of nitrogens with zero attached hydrogens (tertiary/aromatic N) is 4. The first-order valence-corrected chi connectivity index (χ1v) is 33.6. The monoisotopic (exact) mass is 1230 g/mol. The quantitative estimate of drug-likeness (QED) is 0.141. The van der Waals surface area contributed by atoms with E-state index in [0.717, 1.165) is 90.8 Å². The molecule has 0 radical (unpaired) electrons. The summed E-state index contributed by atoms with van der Waals surface area (Å²) in [4.78, 5) is 10.4. The Kier molecular flexibility index (Phi) is 14.2. The first-order valence-electron chi connectivity index (χ1n) is 33.6. The average Bonchev–Trinajstić information content (AvgIpc) is 0.684. The van der Waals surface area contributed by atoms with E-state index in [2.05, 4.69) is 326 Å². The van der Waals surface area contributed by atoms with Crippen LogP contribution >= 0.6 is 0 Å². The highest BCUT2D eigenvalue weighted by atomic mass is 16.5. The molecule has 0 bridgehead atoms. The molecule has 0 aromatic heterocycles. The molecule has 15 rings (SSSR count). The molecule has 0 N–H and O–H groups in total. The molecule has 0 fully saturated rings. The number of aryl methyl sites for hydroxylation is 12. The third kappa shape index (κ3) is 9.59. The van der Waals surface area contributed by atoms with E-state index in [4.69, 9.17) is 9.47 Å². The van der Waals surface area contributed by atoms with Gasteiger partial charge < -0.3 is 29.1 Å². The molecule has 0 amide bonds. The van der Waals surface area contributed by atoms with E-state index in [1.165, 1.54) is 111 Å². The summed E-state index contributed by atoms with van der Waals surface area (Å²) in [6.07, 6.45) is 0. The molecule has 0 saturated heterocycles. The molecule has 4 heterocycles. The van der Waals surface area contributed by atoms with Gasteiger partial charge in [-0.05, 0) is 224 Å². The summed E-state index contributed by atoms with van der Waals surface area (Å²) in [7, 11) is 0. The predicted molar refractivity (Wildman–Crippen MR) is 402 cm³/mol. The van der Waals surface area contributed by atoms with Crippen LogP contribution in [-0.2, 0) is 10.8 Å². The first-order chi connectivity index (χ1) is 44.8. The fourth-order valence-corrected chi connectivity index (χ4v) is 16.3. The lowest BCUT2D eigenvalue weighted by Crippen LogP contribution is -2.65. The molecule has 466 valence electrons. The molecular formula is C86H84B2N4O2. The van der Waals surface area contributed by atoms with Gasteiger partial charge >= 0.3 is 0 Å². The van der Waals surface area contributed by atoms with Crippen LogP contribution in [0.4, 0.5) is 68.2 Å². The lowest BCUT2D eigenvalue weighted by Gasteiger charge is -2.48. The zero-order valence-corrected chi connectivity index (χ0v) is 58.1. The fraction of sp³-hybridized carbons (Fsp3) is 0.233. The van der Waals surface area contributed by atoms with Crippen LogP contribution in [0.25, 0.3) is 0 Å². The van der Waals surface area contributed by atoms with Crippen LogP contribution in [0.2, 0.25) is 0 Å². The highest BCUT2D eigenvalue weighted by molar-refractivity contribution is 7.03. The number of para-hydroxylation sites is 4. The normalized spacial score (nSPS) is 13.5. The summed E-state index contributed by atoms with van der Waals surface area (Å²) in [5.74, 6) is 3.31. The Labute approximate surface area is 558 Å². The molecule has 0 spiro atoms. The van der Waals surface area contributed by atoms with Gasteiger partial charge in [0.15, 0.2) is 0 Å². The molecule has 8 heteroatoms. The van der Waals surface area contributed by atoms with Gasteiger partial charge in [0, 0.05) is 81.1 Å². The molecule has 94 heavy (non-hydrogen) atoms. The number of ether oxygens (including phenoxy) is 2. The summed E-state index contributed by atoms with van der Waals surface area (Å²) >= 11 is 0. The number of anilines is 12. The Balaban J connectivity index is 1.11. The molecule has 0 unspecified atom stereocenters. The van der Waals surface area contributed by atoms with Crippen LogP contribution in [0.15, 0.2) is 182 Å². The summed E-state index contributed by atoms with van der Waals surface area (Å²) in [5, 5.41) is 0. The van der Waals surface area contributed by atoms with Crippen molar-refractivity contribution in [3.05, 3.63) is 260 Å². The van der Waals surface area contributed by atoms with E-state index in [9.17, 15) is 0 Å². The maximum Gasteiger partial charge on any atom is 0.252 e. The van der Waals surface area contributed by atoms with Gasteiger partial charge in [0.2, 0.25) is 0 Å². The summed E-state index contributed by atoms with van der Waals surface area (Å²) in [6.45, 7) is 40.4. The minimum atomic E-state index is -0.201. The number of hydrogen-bond donors (Lipinski definition) is 0. The van der Waals surface area contributed by atoms with Gasteiger partial charge in [0.1, 0.15) is 23.0 Å². The second-order valence-electron chi connectivity index (χ2n) is 29.7. The van der Waals surface area contributed by atoms with Crippen LogP contribution in [-0.4, -0.2) is 13.4 Å². The van der Waals surface area contributed by atoms with Crippen molar-refractivity contribution in [1.82, 2.24) is 0 Å². The third-order valence-electron chi connectivity index (χ3n) is 20.6. The highest BCUT2D eigenvalue weighted by Gasteiger charge is 2.50. The maximum atomic E-state index is 7.42. The predicted octanol–water partition coefficient (Wildman–Crippen LogP) is 19.7. The van der Waals surface area contributed by atoms with Crippen LogP contribution in [0.1, 0.15) is 119 Å². The third-order valence-corrected chi connectivity index (χ3v) is 20.6. The van der Waals surface area contributed by atoms with E-state index >= 15 is 0 Å².